The Hall–Kier alpha value is -1.18. The summed E-state index contributed by atoms with van der Waals surface area (Å²) in [5.74, 6) is 1.95. The maximum atomic E-state index is 9.88. The van der Waals surface area contributed by atoms with Crippen LogP contribution in [0.5, 0.6) is 11.5 Å². The summed E-state index contributed by atoms with van der Waals surface area (Å²) >= 11 is 0. The zero-order valence-electron chi connectivity index (χ0n) is 10.3. The number of hydrogen-bond acceptors (Lipinski definition) is 2. The molecule has 0 aromatic heterocycles. The topological polar surface area (TPSA) is 29.5 Å². The number of hydrogen-bond donors (Lipinski definition) is 1. The number of phenolic OH excluding ortho intramolecular Hbond substituents is 1. The summed E-state index contributed by atoms with van der Waals surface area (Å²) in [5, 5.41) is 9.88. The summed E-state index contributed by atoms with van der Waals surface area (Å²) < 4.78 is 5.88. The average Bonchev–Trinajstić information content (AvgIpc) is 2.92. The lowest BCUT2D eigenvalue weighted by Gasteiger charge is -2.23. The summed E-state index contributed by atoms with van der Waals surface area (Å²) in [6.45, 7) is 6.08. The summed E-state index contributed by atoms with van der Waals surface area (Å²) in [6.07, 6.45) is 3.50. The van der Waals surface area contributed by atoms with Crippen LogP contribution in [0, 0.1) is 5.92 Å². The van der Waals surface area contributed by atoms with Crippen molar-refractivity contribution < 1.29 is 9.84 Å². The van der Waals surface area contributed by atoms with E-state index in [1.54, 1.807) is 6.07 Å². The molecule has 1 N–H and O–H groups in total. The molecule has 0 saturated heterocycles. The molecule has 1 aliphatic rings. The Labute approximate surface area is 97.3 Å². The predicted octanol–water partition coefficient (Wildman–Crippen LogP) is 3.52. The second-order valence-electron chi connectivity index (χ2n) is 5.62. The van der Waals surface area contributed by atoms with Crippen LogP contribution in [-0.2, 0) is 6.42 Å². The van der Waals surface area contributed by atoms with Crippen molar-refractivity contribution in [1.29, 1.82) is 0 Å². The van der Waals surface area contributed by atoms with E-state index in [9.17, 15) is 5.11 Å². The third-order valence-electron chi connectivity index (χ3n) is 2.71. The fourth-order valence-electron chi connectivity index (χ4n) is 1.80. The molecular formula is C14H20O2. The maximum Gasteiger partial charge on any atom is 0.126 e. The second-order valence-corrected chi connectivity index (χ2v) is 5.62. The van der Waals surface area contributed by atoms with E-state index in [0.29, 0.717) is 5.75 Å². The highest BCUT2D eigenvalue weighted by molar-refractivity contribution is 5.44. The molecule has 1 fully saturated rings. The van der Waals surface area contributed by atoms with Crippen LogP contribution in [0.25, 0.3) is 0 Å². The molecule has 1 aliphatic carbocycles. The van der Waals surface area contributed by atoms with Crippen LogP contribution in [0.2, 0.25) is 0 Å². The quantitative estimate of drug-likeness (QED) is 0.844. The summed E-state index contributed by atoms with van der Waals surface area (Å²) in [6, 6.07) is 5.53. The van der Waals surface area contributed by atoms with E-state index >= 15 is 0 Å². The first-order valence-electron chi connectivity index (χ1n) is 5.95. The van der Waals surface area contributed by atoms with Gasteiger partial charge in [-0.25, -0.2) is 0 Å². The van der Waals surface area contributed by atoms with Crippen LogP contribution >= 0.6 is 0 Å². The molecule has 0 spiro atoms. The fraction of sp³-hybridized carbons (Fsp3) is 0.571. The lowest BCUT2D eigenvalue weighted by Crippen LogP contribution is -2.23. The predicted molar refractivity (Wildman–Crippen MR) is 64.9 cm³/mol. The van der Waals surface area contributed by atoms with Crippen molar-refractivity contribution in [2.24, 2.45) is 5.92 Å². The third kappa shape index (κ3) is 2.91. The molecule has 0 radical (unpaired) electrons. The number of rotatable bonds is 3. The van der Waals surface area contributed by atoms with Gasteiger partial charge in [0.15, 0.2) is 0 Å². The Balaban J connectivity index is 2.24. The highest BCUT2D eigenvalue weighted by Crippen LogP contribution is 2.39. The van der Waals surface area contributed by atoms with Crippen molar-refractivity contribution in [3.05, 3.63) is 23.8 Å². The van der Waals surface area contributed by atoms with Gasteiger partial charge < -0.3 is 9.84 Å². The smallest absolute Gasteiger partial charge is 0.126 e. The first-order chi connectivity index (χ1) is 7.46. The standard InChI is InChI=1S/C14H20O2/c1-14(2,3)16-13-6-4-5-12(15)11(13)9-10-7-8-10/h4-6,10,15H,7-9H2,1-3H3. The Morgan fingerprint density at radius 1 is 1.31 bits per heavy atom. The molecule has 2 rings (SSSR count). The first kappa shape index (κ1) is 11.3. The molecule has 0 aliphatic heterocycles. The van der Waals surface area contributed by atoms with Gasteiger partial charge in [0.05, 0.1) is 0 Å². The lowest BCUT2D eigenvalue weighted by atomic mass is 10.1. The van der Waals surface area contributed by atoms with Crippen LogP contribution in [-0.4, -0.2) is 10.7 Å². The Kier molecular flexibility index (Phi) is 2.83. The maximum absolute atomic E-state index is 9.88. The van der Waals surface area contributed by atoms with Crippen molar-refractivity contribution >= 4 is 0 Å². The molecule has 2 heteroatoms. The van der Waals surface area contributed by atoms with E-state index in [1.807, 2.05) is 32.9 Å². The molecule has 0 amide bonds. The van der Waals surface area contributed by atoms with Gasteiger partial charge in [0.1, 0.15) is 17.1 Å². The SMILES string of the molecule is CC(C)(C)Oc1cccc(O)c1CC1CC1. The largest absolute Gasteiger partial charge is 0.508 e. The summed E-state index contributed by atoms with van der Waals surface area (Å²) in [5.41, 5.74) is 0.756. The van der Waals surface area contributed by atoms with Crippen LogP contribution in [0.3, 0.4) is 0 Å². The first-order valence-corrected chi connectivity index (χ1v) is 5.95. The number of ether oxygens (including phenoxy) is 1. The fourth-order valence-corrected chi connectivity index (χ4v) is 1.80. The molecule has 88 valence electrons. The van der Waals surface area contributed by atoms with Crippen molar-refractivity contribution in [3.63, 3.8) is 0 Å². The molecule has 1 aromatic rings. The molecule has 16 heavy (non-hydrogen) atoms. The highest BCUT2D eigenvalue weighted by atomic mass is 16.5. The van der Waals surface area contributed by atoms with Crippen molar-refractivity contribution in [2.75, 3.05) is 0 Å². The van der Waals surface area contributed by atoms with Gasteiger partial charge in [0, 0.05) is 5.56 Å². The molecule has 0 atom stereocenters. The molecule has 0 unspecified atom stereocenters. The Morgan fingerprint density at radius 3 is 2.56 bits per heavy atom. The van der Waals surface area contributed by atoms with Gasteiger partial charge in [-0.05, 0) is 58.1 Å². The summed E-state index contributed by atoms with van der Waals surface area (Å²) in [7, 11) is 0. The summed E-state index contributed by atoms with van der Waals surface area (Å²) in [4.78, 5) is 0. The van der Waals surface area contributed by atoms with E-state index in [-0.39, 0.29) is 5.60 Å². The number of phenols is 1. The third-order valence-corrected chi connectivity index (χ3v) is 2.71. The van der Waals surface area contributed by atoms with Gasteiger partial charge in [-0.2, -0.15) is 0 Å². The minimum atomic E-state index is -0.216. The normalized spacial score (nSPS) is 16.2. The van der Waals surface area contributed by atoms with Gasteiger partial charge >= 0.3 is 0 Å². The van der Waals surface area contributed by atoms with E-state index in [4.69, 9.17) is 4.74 Å². The Bertz CT molecular complexity index is 373. The average molecular weight is 220 g/mol. The molecular weight excluding hydrogens is 200 g/mol. The highest BCUT2D eigenvalue weighted by Gasteiger charge is 2.25. The number of aromatic hydroxyl groups is 1. The van der Waals surface area contributed by atoms with Gasteiger partial charge in [0.25, 0.3) is 0 Å². The lowest BCUT2D eigenvalue weighted by molar-refractivity contribution is 0.128. The second kappa shape index (κ2) is 4.00. The van der Waals surface area contributed by atoms with Crippen LogP contribution in [0.15, 0.2) is 18.2 Å². The van der Waals surface area contributed by atoms with E-state index in [1.165, 1.54) is 12.8 Å². The Morgan fingerprint density at radius 2 is 2.00 bits per heavy atom. The van der Waals surface area contributed by atoms with Gasteiger partial charge in [-0.15, -0.1) is 0 Å². The zero-order chi connectivity index (χ0) is 11.8. The van der Waals surface area contributed by atoms with Crippen LogP contribution in [0.4, 0.5) is 0 Å². The van der Waals surface area contributed by atoms with Crippen molar-refractivity contribution in [1.82, 2.24) is 0 Å². The molecule has 0 bridgehead atoms. The monoisotopic (exact) mass is 220 g/mol. The minimum absolute atomic E-state index is 0.216. The molecule has 1 aromatic carbocycles. The molecule has 2 nitrogen and oxygen atoms in total. The molecule has 0 heterocycles. The van der Waals surface area contributed by atoms with Gasteiger partial charge in [-0.1, -0.05) is 6.07 Å². The van der Waals surface area contributed by atoms with Crippen LogP contribution in [0.1, 0.15) is 39.2 Å². The van der Waals surface area contributed by atoms with E-state index in [0.717, 1.165) is 23.7 Å². The van der Waals surface area contributed by atoms with Crippen molar-refractivity contribution in [2.45, 2.75) is 45.6 Å². The zero-order valence-corrected chi connectivity index (χ0v) is 10.3. The van der Waals surface area contributed by atoms with Crippen molar-refractivity contribution in [3.8, 4) is 11.5 Å². The minimum Gasteiger partial charge on any atom is -0.508 e. The van der Waals surface area contributed by atoms with E-state index in [2.05, 4.69) is 0 Å². The van der Waals surface area contributed by atoms with Crippen LogP contribution < -0.4 is 4.74 Å². The van der Waals surface area contributed by atoms with Gasteiger partial charge in [-0.3, -0.25) is 0 Å². The van der Waals surface area contributed by atoms with E-state index < -0.39 is 0 Å². The van der Waals surface area contributed by atoms with Gasteiger partial charge in [0.2, 0.25) is 0 Å². The number of benzene rings is 1. The molecule has 1 saturated carbocycles.